The number of piperidine rings is 1. The van der Waals surface area contributed by atoms with E-state index in [9.17, 15) is 0 Å². The van der Waals surface area contributed by atoms with Gasteiger partial charge in [-0.1, -0.05) is 0 Å². The van der Waals surface area contributed by atoms with E-state index in [1.165, 1.54) is 18.6 Å². The van der Waals surface area contributed by atoms with E-state index in [0.29, 0.717) is 0 Å². The number of anilines is 1. The Kier molecular flexibility index (Phi) is 3.35. The second-order valence-corrected chi connectivity index (χ2v) is 4.73. The van der Waals surface area contributed by atoms with Crippen molar-refractivity contribution in [3.63, 3.8) is 0 Å². The molecule has 1 unspecified atom stereocenters. The lowest BCUT2D eigenvalue weighted by Gasteiger charge is -2.32. The first-order valence-electron chi connectivity index (χ1n) is 5.13. The number of rotatable bonds is 3. The van der Waals surface area contributed by atoms with Crippen LogP contribution in [0.1, 0.15) is 12.8 Å². The normalized spacial score (nSPS) is 22.6. The van der Waals surface area contributed by atoms with Gasteiger partial charge >= 0.3 is 0 Å². The summed E-state index contributed by atoms with van der Waals surface area (Å²) < 4.78 is 0. The van der Waals surface area contributed by atoms with Gasteiger partial charge in [0.05, 0.1) is 0 Å². The summed E-state index contributed by atoms with van der Waals surface area (Å²) >= 11 is 1.95. The van der Waals surface area contributed by atoms with Gasteiger partial charge in [-0.3, -0.25) is 0 Å². The minimum Gasteiger partial charge on any atom is -0.342 e. The molecule has 0 saturated carbocycles. The smallest absolute Gasteiger partial charge is 0.202 e. The minimum absolute atomic E-state index is 0.837. The molecular formula is C10H17N3S. The Bertz CT molecular complexity index is 258. The van der Waals surface area contributed by atoms with E-state index < -0.39 is 0 Å². The van der Waals surface area contributed by atoms with Crippen LogP contribution in [-0.2, 0) is 0 Å². The maximum atomic E-state index is 4.30. The number of aromatic amines is 1. The van der Waals surface area contributed by atoms with Crippen molar-refractivity contribution in [3.8, 4) is 0 Å². The standard InChI is InChI=1S/C10H17N3S/c1-14-8-9-3-2-6-13(7-9)10-11-4-5-12-10/h4-5,9H,2-3,6-8H2,1H3,(H,11,12). The number of hydrogen-bond acceptors (Lipinski definition) is 3. The molecule has 1 N–H and O–H groups in total. The Labute approximate surface area is 89.3 Å². The number of nitrogens with one attached hydrogen (secondary N) is 1. The van der Waals surface area contributed by atoms with Crippen LogP contribution in [0.4, 0.5) is 5.95 Å². The Morgan fingerprint density at radius 1 is 1.71 bits per heavy atom. The topological polar surface area (TPSA) is 31.9 Å². The van der Waals surface area contributed by atoms with Gasteiger partial charge in [-0.2, -0.15) is 11.8 Å². The monoisotopic (exact) mass is 211 g/mol. The van der Waals surface area contributed by atoms with Gasteiger partial charge in [-0.15, -0.1) is 0 Å². The minimum atomic E-state index is 0.837. The van der Waals surface area contributed by atoms with E-state index in [1.807, 2.05) is 24.2 Å². The lowest BCUT2D eigenvalue weighted by atomic mass is 10.0. The molecule has 2 rings (SSSR count). The zero-order chi connectivity index (χ0) is 9.80. The van der Waals surface area contributed by atoms with Crippen LogP contribution in [0.25, 0.3) is 0 Å². The van der Waals surface area contributed by atoms with Crippen LogP contribution < -0.4 is 4.90 Å². The van der Waals surface area contributed by atoms with E-state index in [-0.39, 0.29) is 0 Å². The Morgan fingerprint density at radius 2 is 2.64 bits per heavy atom. The van der Waals surface area contributed by atoms with Crippen molar-refractivity contribution >= 4 is 17.7 Å². The lowest BCUT2D eigenvalue weighted by molar-refractivity contribution is 0.449. The molecule has 14 heavy (non-hydrogen) atoms. The van der Waals surface area contributed by atoms with Gasteiger partial charge in [0, 0.05) is 25.5 Å². The van der Waals surface area contributed by atoms with E-state index >= 15 is 0 Å². The first kappa shape index (κ1) is 9.90. The van der Waals surface area contributed by atoms with Crippen LogP contribution in [0.3, 0.4) is 0 Å². The second kappa shape index (κ2) is 4.73. The zero-order valence-electron chi connectivity index (χ0n) is 8.57. The molecule has 0 bridgehead atoms. The predicted octanol–water partition coefficient (Wildman–Crippen LogP) is 1.99. The summed E-state index contributed by atoms with van der Waals surface area (Å²) in [7, 11) is 0. The highest BCUT2D eigenvalue weighted by Crippen LogP contribution is 2.22. The van der Waals surface area contributed by atoms with Gasteiger partial charge in [0.15, 0.2) is 0 Å². The molecular weight excluding hydrogens is 194 g/mol. The maximum absolute atomic E-state index is 4.30. The summed E-state index contributed by atoms with van der Waals surface area (Å²) in [6.45, 7) is 2.31. The fraction of sp³-hybridized carbons (Fsp3) is 0.700. The van der Waals surface area contributed by atoms with Gasteiger partial charge in [0.2, 0.25) is 5.95 Å². The Hall–Kier alpha value is -0.640. The van der Waals surface area contributed by atoms with E-state index in [2.05, 4.69) is 21.1 Å². The van der Waals surface area contributed by atoms with Gasteiger partial charge < -0.3 is 9.88 Å². The molecule has 0 amide bonds. The molecule has 0 spiro atoms. The SMILES string of the molecule is CSCC1CCCN(c2ncc[nH]2)C1. The molecule has 4 heteroatoms. The van der Waals surface area contributed by atoms with Crippen LogP contribution in [0, 0.1) is 5.92 Å². The van der Waals surface area contributed by atoms with E-state index in [1.54, 1.807) is 0 Å². The summed E-state index contributed by atoms with van der Waals surface area (Å²) in [4.78, 5) is 9.84. The second-order valence-electron chi connectivity index (χ2n) is 3.82. The van der Waals surface area contributed by atoms with Crippen LogP contribution in [0.15, 0.2) is 12.4 Å². The van der Waals surface area contributed by atoms with Crippen LogP contribution in [0.2, 0.25) is 0 Å². The Balaban J connectivity index is 1.94. The molecule has 0 aliphatic carbocycles. The van der Waals surface area contributed by atoms with Gasteiger partial charge in [0.1, 0.15) is 0 Å². The average Bonchev–Trinajstić information content (AvgIpc) is 2.71. The quantitative estimate of drug-likeness (QED) is 0.829. The number of aromatic nitrogens is 2. The molecule has 1 aliphatic rings. The molecule has 1 aliphatic heterocycles. The van der Waals surface area contributed by atoms with Gasteiger partial charge in [0.25, 0.3) is 0 Å². The third kappa shape index (κ3) is 2.23. The molecule has 1 fully saturated rings. The van der Waals surface area contributed by atoms with Gasteiger partial charge in [-0.25, -0.2) is 4.98 Å². The molecule has 1 aromatic rings. The molecule has 2 heterocycles. The number of imidazole rings is 1. The summed E-state index contributed by atoms with van der Waals surface area (Å²) in [6.07, 6.45) is 8.58. The molecule has 78 valence electrons. The third-order valence-corrected chi connectivity index (χ3v) is 3.51. The van der Waals surface area contributed by atoms with Crippen molar-refractivity contribution in [3.05, 3.63) is 12.4 Å². The average molecular weight is 211 g/mol. The number of nitrogens with zero attached hydrogens (tertiary/aromatic N) is 2. The Morgan fingerprint density at radius 3 is 3.36 bits per heavy atom. The largest absolute Gasteiger partial charge is 0.342 e. The third-order valence-electron chi connectivity index (χ3n) is 2.70. The lowest BCUT2D eigenvalue weighted by Crippen LogP contribution is -2.36. The first-order valence-corrected chi connectivity index (χ1v) is 6.53. The summed E-state index contributed by atoms with van der Waals surface area (Å²) in [5.74, 6) is 3.15. The van der Waals surface area contributed by atoms with Crippen LogP contribution in [-0.4, -0.2) is 35.1 Å². The molecule has 3 nitrogen and oxygen atoms in total. The fourth-order valence-corrected chi connectivity index (χ4v) is 2.80. The van der Waals surface area contributed by atoms with Crippen molar-refractivity contribution < 1.29 is 0 Å². The summed E-state index contributed by atoms with van der Waals surface area (Å²) in [5, 5.41) is 0. The molecule has 1 atom stereocenters. The fourth-order valence-electron chi connectivity index (χ4n) is 2.06. The number of H-pyrrole nitrogens is 1. The highest BCUT2D eigenvalue weighted by Gasteiger charge is 2.20. The molecule has 0 aromatic carbocycles. The molecule has 1 saturated heterocycles. The van der Waals surface area contributed by atoms with E-state index in [4.69, 9.17) is 0 Å². The summed E-state index contributed by atoms with van der Waals surface area (Å²) in [5.41, 5.74) is 0. The first-order chi connectivity index (χ1) is 6.90. The number of hydrogen-bond donors (Lipinski definition) is 1. The van der Waals surface area contributed by atoms with Crippen molar-refractivity contribution in [2.24, 2.45) is 5.92 Å². The van der Waals surface area contributed by atoms with Gasteiger partial charge in [-0.05, 0) is 30.8 Å². The predicted molar refractivity (Wildman–Crippen MR) is 61.9 cm³/mol. The highest BCUT2D eigenvalue weighted by atomic mass is 32.2. The number of thioether (sulfide) groups is 1. The van der Waals surface area contributed by atoms with Crippen molar-refractivity contribution in [1.82, 2.24) is 9.97 Å². The summed E-state index contributed by atoms with van der Waals surface area (Å²) in [6, 6.07) is 0. The van der Waals surface area contributed by atoms with Crippen molar-refractivity contribution in [2.45, 2.75) is 12.8 Å². The van der Waals surface area contributed by atoms with Crippen LogP contribution >= 0.6 is 11.8 Å². The zero-order valence-corrected chi connectivity index (χ0v) is 9.39. The maximum Gasteiger partial charge on any atom is 0.202 e. The molecule has 0 radical (unpaired) electrons. The van der Waals surface area contributed by atoms with Crippen LogP contribution in [0.5, 0.6) is 0 Å². The van der Waals surface area contributed by atoms with E-state index in [0.717, 1.165) is 25.0 Å². The highest BCUT2D eigenvalue weighted by molar-refractivity contribution is 7.98. The van der Waals surface area contributed by atoms with Crippen molar-refractivity contribution in [2.75, 3.05) is 30.0 Å². The van der Waals surface area contributed by atoms with Crippen molar-refractivity contribution in [1.29, 1.82) is 0 Å². The molecule has 1 aromatic heterocycles.